The Morgan fingerprint density at radius 3 is 3.05 bits per heavy atom. The highest BCUT2D eigenvalue weighted by molar-refractivity contribution is 8.05. The Bertz CT molecular complexity index is 612. The minimum Gasteiger partial charge on any atom is -0.301 e. The highest BCUT2D eigenvalue weighted by atomic mass is 32.2. The predicted octanol–water partition coefficient (Wildman–Crippen LogP) is 3.64. The molecule has 1 aromatic carbocycles. The maximum Gasteiger partial charge on any atom is 0.149 e. The molecule has 1 aromatic rings. The number of nitrogens with two attached hydrogens (primary N) is 1. The van der Waals surface area contributed by atoms with Gasteiger partial charge in [0, 0.05) is 18.0 Å². The lowest BCUT2D eigenvalue weighted by Gasteiger charge is -2.22. The quantitative estimate of drug-likeness (QED) is 0.866. The largest absolute Gasteiger partial charge is 0.301 e. The fourth-order valence-electron chi connectivity index (χ4n) is 2.05. The van der Waals surface area contributed by atoms with Gasteiger partial charge in [0.05, 0.1) is 15.9 Å². The number of nitrogens with zero attached hydrogens (tertiary/aromatic N) is 2. The van der Waals surface area contributed by atoms with E-state index in [0.29, 0.717) is 5.56 Å². The SMILES string of the molecule is C[C@H](SN1C=CC2=NC(N)SC2=C1)c1ccccc1F. The lowest BCUT2D eigenvalue weighted by molar-refractivity contribution is 0.610. The summed E-state index contributed by atoms with van der Waals surface area (Å²) in [5.41, 5.74) is 7.20. The molecule has 2 aliphatic rings. The second kappa shape index (κ2) is 5.63. The molecular formula is C14H14FN3S2. The van der Waals surface area contributed by atoms with Crippen LogP contribution in [0.3, 0.4) is 0 Å². The number of halogens is 1. The maximum absolute atomic E-state index is 13.8. The van der Waals surface area contributed by atoms with Crippen molar-refractivity contribution in [2.24, 2.45) is 10.7 Å². The molecule has 1 unspecified atom stereocenters. The highest BCUT2D eigenvalue weighted by Crippen LogP contribution is 2.38. The lowest BCUT2D eigenvalue weighted by Crippen LogP contribution is -2.10. The molecule has 0 radical (unpaired) electrons. The molecule has 3 rings (SSSR count). The molecule has 104 valence electrons. The van der Waals surface area contributed by atoms with Gasteiger partial charge in [-0.2, -0.15) is 0 Å². The summed E-state index contributed by atoms with van der Waals surface area (Å²) in [5.74, 6) is -0.166. The van der Waals surface area contributed by atoms with Crippen molar-refractivity contribution in [3.63, 3.8) is 0 Å². The molecule has 2 N–H and O–H groups in total. The van der Waals surface area contributed by atoms with Crippen molar-refractivity contribution in [2.75, 3.05) is 0 Å². The van der Waals surface area contributed by atoms with E-state index >= 15 is 0 Å². The normalized spacial score (nSPS) is 22.4. The Labute approximate surface area is 126 Å². The molecule has 20 heavy (non-hydrogen) atoms. The molecule has 0 spiro atoms. The summed E-state index contributed by atoms with van der Waals surface area (Å²) in [4.78, 5) is 5.37. The van der Waals surface area contributed by atoms with E-state index in [4.69, 9.17) is 5.73 Å². The van der Waals surface area contributed by atoms with Gasteiger partial charge in [-0.05, 0) is 31.0 Å². The van der Waals surface area contributed by atoms with Crippen LogP contribution < -0.4 is 5.73 Å². The number of hydrogen-bond acceptors (Lipinski definition) is 5. The molecule has 2 aliphatic heterocycles. The van der Waals surface area contributed by atoms with E-state index in [1.165, 1.54) is 17.8 Å². The number of allylic oxidation sites excluding steroid dienone is 2. The first-order valence-electron chi connectivity index (χ1n) is 6.23. The summed E-state index contributed by atoms with van der Waals surface area (Å²) in [6, 6.07) is 6.88. The Morgan fingerprint density at radius 1 is 1.45 bits per heavy atom. The summed E-state index contributed by atoms with van der Waals surface area (Å²) >= 11 is 3.09. The second-order valence-electron chi connectivity index (χ2n) is 4.46. The number of fused-ring (bicyclic) bond motifs is 1. The van der Waals surface area contributed by atoms with E-state index in [2.05, 4.69) is 4.99 Å². The number of rotatable bonds is 3. The molecule has 0 saturated carbocycles. The average Bonchev–Trinajstić information content (AvgIpc) is 2.78. The van der Waals surface area contributed by atoms with E-state index in [1.54, 1.807) is 18.0 Å². The average molecular weight is 307 g/mol. The van der Waals surface area contributed by atoms with Gasteiger partial charge in [0.1, 0.15) is 11.3 Å². The number of benzene rings is 1. The zero-order valence-electron chi connectivity index (χ0n) is 10.9. The van der Waals surface area contributed by atoms with Crippen LogP contribution in [-0.4, -0.2) is 15.5 Å². The Morgan fingerprint density at radius 2 is 2.25 bits per heavy atom. The minimum atomic E-state index is -0.213. The van der Waals surface area contributed by atoms with Crippen molar-refractivity contribution < 1.29 is 4.39 Å². The summed E-state index contributed by atoms with van der Waals surface area (Å²) in [6.45, 7) is 1.99. The molecule has 2 heterocycles. The van der Waals surface area contributed by atoms with Crippen molar-refractivity contribution in [1.82, 2.24) is 4.31 Å². The summed E-state index contributed by atoms with van der Waals surface area (Å²) in [7, 11) is 0. The van der Waals surface area contributed by atoms with E-state index < -0.39 is 0 Å². The van der Waals surface area contributed by atoms with Gasteiger partial charge in [-0.1, -0.05) is 30.0 Å². The van der Waals surface area contributed by atoms with Crippen LogP contribution in [0.25, 0.3) is 0 Å². The maximum atomic E-state index is 13.8. The summed E-state index contributed by atoms with van der Waals surface area (Å²) < 4.78 is 15.7. The zero-order chi connectivity index (χ0) is 14.1. The van der Waals surface area contributed by atoms with Gasteiger partial charge in [-0.25, -0.2) is 4.39 Å². The van der Waals surface area contributed by atoms with E-state index in [1.807, 2.05) is 41.8 Å². The second-order valence-corrected chi connectivity index (χ2v) is 6.96. The van der Waals surface area contributed by atoms with Crippen molar-refractivity contribution in [1.29, 1.82) is 0 Å². The monoisotopic (exact) mass is 307 g/mol. The minimum absolute atomic E-state index is 0.0243. The van der Waals surface area contributed by atoms with Crippen LogP contribution in [0.15, 0.2) is 52.6 Å². The Kier molecular flexibility index (Phi) is 3.87. The zero-order valence-corrected chi connectivity index (χ0v) is 12.5. The van der Waals surface area contributed by atoms with E-state index in [-0.39, 0.29) is 16.6 Å². The molecular weight excluding hydrogens is 293 g/mol. The van der Waals surface area contributed by atoms with E-state index in [0.717, 1.165) is 10.6 Å². The number of aliphatic imine (C=N–C) groups is 1. The summed E-state index contributed by atoms with van der Waals surface area (Å²) in [5, 5.41) is 0.0243. The van der Waals surface area contributed by atoms with Crippen LogP contribution in [0.1, 0.15) is 17.7 Å². The van der Waals surface area contributed by atoms with Crippen molar-refractivity contribution in [2.45, 2.75) is 17.7 Å². The van der Waals surface area contributed by atoms with Gasteiger partial charge in [-0.15, -0.1) is 0 Å². The van der Waals surface area contributed by atoms with Crippen molar-refractivity contribution >= 4 is 29.4 Å². The first-order chi connectivity index (χ1) is 9.63. The van der Waals surface area contributed by atoms with Gasteiger partial charge in [-0.3, -0.25) is 9.30 Å². The fourth-order valence-corrected chi connectivity index (χ4v) is 3.93. The first-order valence-corrected chi connectivity index (χ1v) is 7.95. The van der Waals surface area contributed by atoms with Crippen LogP contribution in [-0.2, 0) is 0 Å². The first kappa shape index (κ1) is 13.7. The lowest BCUT2D eigenvalue weighted by atomic mass is 10.1. The standard InChI is InChI=1S/C14H14FN3S2/c1-9(10-4-2-3-5-11(10)15)20-18-7-6-12-13(8-18)19-14(16)17-12/h2-9,14H,16H2,1H3/t9-,14?/m0/s1. The Hall–Kier alpha value is -1.24. The van der Waals surface area contributed by atoms with Crippen molar-refractivity contribution in [3.05, 3.63) is 59.0 Å². The molecule has 0 bridgehead atoms. The molecule has 3 nitrogen and oxygen atoms in total. The van der Waals surface area contributed by atoms with Crippen molar-refractivity contribution in [3.8, 4) is 0 Å². The van der Waals surface area contributed by atoms with Crippen LogP contribution in [0.2, 0.25) is 0 Å². The topological polar surface area (TPSA) is 41.6 Å². The van der Waals surface area contributed by atoms with Crippen LogP contribution in [0.5, 0.6) is 0 Å². The molecule has 2 atom stereocenters. The molecule has 0 amide bonds. The number of hydrogen-bond donors (Lipinski definition) is 1. The molecule has 0 aliphatic carbocycles. The van der Waals surface area contributed by atoms with Crippen LogP contribution >= 0.6 is 23.7 Å². The highest BCUT2D eigenvalue weighted by Gasteiger charge is 2.23. The molecule has 0 fully saturated rings. The van der Waals surface area contributed by atoms with Gasteiger partial charge in [0.25, 0.3) is 0 Å². The third-order valence-electron chi connectivity index (χ3n) is 3.01. The van der Waals surface area contributed by atoms with Gasteiger partial charge in [0.2, 0.25) is 0 Å². The molecule has 6 heteroatoms. The van der Waals surface area contributed by atoms with Gasteiger partial charge < -0.3 is 5.73 Å². The predicted molar refractivity (Wildman–Crippen MR) is 84.5 cm³/mol. The van der Waals surface area contributed by atoms with Gasteiger partial charge in [0.15, 0.2) is 0 Å². The van der Waals surface area contributed by atoms with E-state index in [9.17, 15) is 4.39 Å². The molecule has 0 saturated heterocycles. The molecule has 0 aromatic heterocycles. The Balaban J connectivity index is 1.72. The smallest absolute Gasteiger partial charge is 0.149 e. The van der Waals surface area contributed by atoms with Crippen LogP contribution in [0, 0.1) is 5.82 Å². The van der Waals surface area contributed by atoms with Gasteiger partial charge >= 0.3 is 0 Å². The van der Waals surface area contributed by atoms with Crippen LogP contribution in [0.4, 0.5) is 4.39 Å². The third-order valence-corrected chi connectivity index (χ3v) is 4.97. The summed E-state index contributed by atoms with van der Waals surface area (Å²) in [6.07, 6.45) is 5.87. The number of thioether (sulfide) groups is 1. The third kappa shape index (κ3) is 2.77. The fraction of sp³-hybridized carbons (Fsp3) is 0.214.